The third-order valence-electron chi connectivity index (χ3n) is 4.12. The summed E-state index contributed by atoms with van der Waals surface area (Å²) in [6, 6.07) is 8.23. The molecule has 7 heteroatoms. The Bertz CT molecular complexity index is 756. The van der Waals surface area contributed by atoms with Crippen molar-refractivity contribution in [1.82, 2.24) is 20.1 Å². The van der Waals surface area contributed by atoms with E-state index in [0.29, 0.717) is 12.5 Å². The number of aromatic nitrogens is 3. The second-order valence-electron chi connectivity index (χ2n) is 7.61. The molecule has 2 rings (SSSR count). The predicted molar refractivity (Wildman–Crippen MR) is 114 cm³/mol. The highest BCUT2D eigenvalue weighted by Crippen LogP contribution is 2.24. The Balaban J connectivity index is 2.10. The van der Waals surface area contributed by atoms with Crippen LogP contribution in [0.3, 0.4) is 0 Å². The summed E-state index contributed by atoms with van der Waals surface area (Å²) in [7, 11) is 0. The highest BCUT2D eigenvalue weighted by molar-refractivity contribution is 8.00. The van der Waals surface area contributed by atoms with Gasteiger partial charge in [0, 0.05) is 12.6 Å². The Morgan fingerprint density at radius 3 is 2.39 bits per heavy atom. The van der Waals surface area contributed by atoms with Crippen LogP contribution in [0.25, 0.3) is 0 Å². The summed E-state index contributed by atoms with van der Waals surface area (Å²) in [5.41, 5.74) is 1.28. The van der Waals surface area contributed by atoms with Crippen molar-refractivity contribution < 1.29 is 9.53 Å². The Labute approximate surface area is 172 Å². The number of rotatable bonds is 10. The molecular formula is C21H32N4O2S. The average Bonchev–Trinajstić information content (AvgIpc) is 3.00. The van der Waals surface area contributed by atoms with Gasteiger partial charge in [-0.1, -0.05) is 44.7 Å². The summed E-state index contributed by atoms with van der Waals surface area (Å²) in [6.07, 6.45) is 1.01. The molecule has 1 N–H and O–H groups in total. The largest absolute Gasteiger partial charge is 0.486 e. The van der Waals surface area contributed by atoms with Gasteiger partial charge in [0.15, 0.2) is 11.0 Å². The van der Waals surface area contributed by atoms with Crippen molar-refractivity contribution in [2.75, 3.05) is 0 Å². The third kappa shape index (κ3) is 6.55. The van der Waals surface area contributed by atoms with E-state index in [-0.39, 0.29) is 17.2 Å². The molecule has 1 heterocycles. The van der Waals surface area contributed by atoms with Gasteiger partial charge < -0.3 is 14.6 Å². The monoisotopic (exact) mass is 404 g/mol. The molecule has 1 unspecified atom stereocenters. The number of nitrogens with zero attached hydrogens (tertiary/aromatic N) is 3. The van der Waals surface area contributed by atoms with Crippen LogP contribution in [0.2, 0.25) is 0 Å². The molecule has 28 heavy (non-hydrogen) atoms. The van der Waals surface area contributed by atoms with Crippen molar-refractivity contribution in [1.29, 1.82) is 0 Å². The minimum absolute atomic E-state index is 0.00732. The first-order valence-electron chi connectivity index (χ1n) is 9.91. The highest BCUT2D eigenvalue weighted by atomic mass is 32.2. The molecule has 1 amide bonds. The first kappa shape index (κ1) is 22.3. The highest BCUT2D eigenvalue weighted by Gasteiger charge is 2.21. The molecule has 0 aliphatic rings. The molecule has 0 saturated heterocycles. The van der Waals surface area contributed by atoms with Gasteiger partial charge in [0.2, 0.25) is 5.91 Å². The zero-order valence-electron chi connectivity index (χ0n) is 17.7. The fraction of sp³-hybridized carbons (Fsp3) is 0.571. The predicted octanol–water partition coefficient (Wildman–Crippen LogP) is 4.08. The number of hydrogen-bond donors (Lipinski definition) is 1. The molecule has 0 aliphatic carbocycles. The summed E-state index contributed by atoms with van der Waals surface area (Å²) in [5.74, 6) is 2.02. The third-order valence-corrected chi connectivity index (χ3v) is 5.20. The van der Waals surface area contributed by atoms with E-state index in [9.17, 15) is 4.79 Å². The van der Waals surface area contributed by atoms with Crippen molar-refractivity contribution >= 4 is 17.7 Å². The molecule has 1 aromatic heterocycles. The first-order chi connectivity index (χ1) is 13.3. The van der Waals surface area contributed by atoms with Crippen molar-refractivity contribution in [3.63, 3.8) is 0 Å². The number of nitrogens with one attached hydrogen (secondary N) is 1. The molecule has 1 aromatic carbocycles. The average molecular weight is 405 g/mol. The fourth-order valence-corrected chi connectivity index (χ4v) is 3.53. The Hall–Kier alpha value is -2.02. The Morgan fingerprint density at radius 1 is 1.14 bits per heavy atom. The maximum absolute atomic E-state index is 12.2. The van der Waals surface area contributed by atoms with Gasteiger partial charge in [-0.2, -0.15) is 0 Å². The van der Waals surface area contributed by atoms with E-state index in [2.05, 4.69) is 53.0 Å². The quantitative estimate of drug-likeness (QED) is 0.604. The van der Waals surface area contributed by atoms with Gasteiger partial charge >= 0.3 is 0 Å². The minimum Gasteiger partial charge on any atom is -0.486 e. The molecule has 0 aliphatic heterocycles. The molecule has 1 atom stereocenters. The summed E-state index contributed by atoms with van der Waals surface area (Å²) < 4.78 is 7.98. The van der Waals surface area contributed by atoms with Crippen molar-refractivity contribution in [2.24, 2.45) is 5.92 Å². The summed E-state index contributed by atoms with van der Waals surface area (Å²) >= 11 is 1.43. The molecule has 6 nitrogen and oxygen atoms in total. The van der Waals surface area contributed by atoms with Gasteiger partial charge in [0.05, 0.1) is 5.25 Å². The van der Waals surface area contributed by atoms with Gasteiger partial charge in [-0.3, -0.25) is 4.79 Å². The minimum atomic E-state index is -0.243. The fourth-order valence-electron chi connectivity index (χ4n) is 2.64. The van der Waals surface area contributed by atoms with Crippen LogP contribution in [0.1, 0.15) is 52.9 Å². The number of amides is 1. The smallest absolute Gasteiger partial charge is 0.233 e. The second-order valence-corrected chi connectivity index (χ2v) is 8.92. The molecular weight excluding hydrogens is 372 g/mol. The van der Waals surface area contributed by atoms with E-state index in [1.807, 2.05) is 32.9 Å². The van der Waals surface area contributed by atoms with Gasteiger partial charge in [-0.05, 0) is 50.8 Å². The molecule has 0 saturated carbocycles. The SMILES string of the molecule is CCc1ccc(OCc2nnc(SC(C)C(=O)NC(C)C)n2CC(C)C)cc1. The van der Waals surface area contributed by atoms with E-state index >= 15 is 0 Å². The van der Waals surface area contributed by atoms with E-state index in [4.69, 9.17) is 4.74 Å². The van der Waals surface area contributed by atoms with Crippen LogP contribution in [-0.4, -0.2) is 32.0 Å². The Kier molecular flexibility index (Phi) is 8.35. The zero-order valence-corrected chi connectivity index (χ0v) is 18.5. The zero-order chi connectivity index (χ0) is 20.7. The number of benzene rings is 1. The van der Waals surface area contributed by atoms with Crippen LogP contribution >= 0.6 is 11.8 Å². The lowest BCUT2D eigenvalue weighted by Crippen LogP contribution is -2.36. The number of thioether (sulfide) groups is 1. The maximum atomic E-state index is 12.2. The lowest BCUT2D eigenvalue weighted by Gasteiger charge is -2.16. The van der Waals surface area contributed by atoms with E-state index in [1.165, 1.54) is 17.3 Å². The van der Waals surface area contributed by atoms with Crippen LogP contribution in [-0.2, 0) is 24.4 Å². The molecule has 0 bridgehead atoms. The summed E-state index contributed by atoms with van der Waals surface area (Å²) in [6.45, 7) is 13.4. The van der Waals surface area contributed by atoms with E-state index < -0.39 is 0 Å². The first-order valence-corrected chi connectivity index (χ1v) is 10.8. The van der Waals surface area contributed by atoms with Gasteiger partial charge in [0.1, 0.15) is 12.4 Å². The lowest BCUT2D eigenvalue weighted by molar-refractivity contribution is -0.120. The van der Waals surface area contributed by atoms with Crippen molar-refractivity contribution in [3.8, 4) is 5.75 Å². The van der Waals surface area contributed by atoms with Gasteiger partial charge in [0.25, 0.3) is 0 Å². The number of carbonyl (C=O) groups excluding carboxylic acids is 1. The summed E-state index contributed by atoms with van der Waals surface area (Å²) in [4.78, 5) is 12.2. The lowest BCUT2D eigenvalue weighted by atomic mass is 10.2. The molecule has 0 fully saturated rings. The number of hydrogen-bond acceptors (Lipinski definition) is 5. The Morgan fingerprint density at radius 2 is 1.82 bits per heavy atom. The van der Waals surface area contributed by atoms with Gasteiger partial charge in [-0.25, -0.2) is 0 Å². The standard InChI is InChI=1S/C21H32N4O2S/c1-7-17-8-10-18(11-9-17)27-13-19-23-24-21(25(19)12-14(2)3)28-16(6)20(26)22-15(4)5/h8-11,14-16H,7,12-13H2,1-6H3,(H,22,26). The molecule has 154 valence electrons. The van der Waals surface area contributed by atoms with E-state index in [0.717, 1.165) is 29.7 Å². The summed E-state index contributed by atoms with van der Waals surface area (Å²) in [5, 5.41) is 12.1. The molecule has 0 spiro atoms. The van der Waals surface area contributed by atoms with Crippen LogP contribution in [0.5, 0.6) is 5.75 Å². The number of aryl methyl sites for hydroxylation is 1. The van der Waals surface area contributed by atoms with Crippen LogP contribution in [0.15, 0.2) is 29.4 Å². The number of ether oxygens (including phenoxy) is 1. The number of carbonyl (C=O) groups is 1. The van der Waals surface area contributed by atoms with E-state index in [1.54, 1.807) is 0 Å². The second kappa shape index (κ2) is 10.5. The molecule has 0 radical (unpaired) electrons. The van der Waals surface area contributed by atoms with Crippen LogP contribution in [0, 0.1) is 5.92 Å². The normalized spacial score (nSPS) is 12.4. The topological polar surface area (TPSA) is 69.0 Å². The molecule has 2 aromatic rings. The van der Waals surface area contributed by atoms with Crippen molar-refractivity contribution in [2.45, 2.75) is 77.6 Å². The van der Waals surface area contributed by atoms with Crippen molar-refractivity contribution in [3.05, 3.63) is 35.7 Å². The van der Waals surface area contributed by atoms with Gasteiger partial charge in [-0.15, -0.1) is 10.2 Å². The van der Waals surface area contributed by atoms with Crippen LogP contribution < -0.4 is 10.1 Å². The van der Waals surface area contributed by atoms with Crippen LogP contribution in [0.4, 0.5) is 0 Å². The maximum Gasteiger partial charge on any atom is 0.233 e.